The van der Waals surface area contributed by atoms with Gasteiger partial charge >= 0.3 is 0 Å². The highest BCUT2D eigenvalue weighted by Crippen LogP contribution is 2.40. The number of nitrogens with zero attached hydrogens (tertiary/aromatic N) is 1. The molecular formula is C16H23BrN2S. The molecule has 0 spiro atoms. The van der Waals surface area contributed by atoms with E-state index in [1.54, 1.807) is 0 Å². The third kappa shape index (κ3) is 3.01. The van der Waals surface area contributed by atoms with Gasteiger partial charge in [-0.3, -0.25) is 0 Å². The fourth-order valence-corrected chi connectivity index (χ4v) is 4.11. The first-order valence-corrected chi connectivity index (χ1v) is 8.56. The molecule has 1 aliphatic rings. The largest absolute Gasteiger partial charge is 0.389 e. The van der Waals surface area contributed by atoms with Crippen molar-refractivity contribution >= 4 is 38.8 Å². The molecule has 0 unspecified atom stereocenters. The zero-order chi connectivity index (χ0) is 14.8. The third-order valence-electron chi connectivity index (χ3n) is 4.90. The second kappa shape index (κ2) is 6.44. The van der Waals surface area contributed by atoms with Gasteiger partial charge in [0.05, 0.1) is 0 Å². The van der Waals surface area contributed by atoms with E-state index in [2.05, 4.69) is 46.8 Å². The summed E-state index contributed by atoms with van der Waals surface area (Å²) in [6.07, 6.45) is 5.06. The van der Waals surface area contributed by atoms with Crippen molar-refractivity contribution in [3.63, 3.8) is 0 Å². The van der Waals surface area contributed by atoms with Crippen molar-refractivity contribution in [3.8, 4) is 0 Å². The molecule has 1 aromatic rings. The molecule has 0 aliphatic carbocycles. The lowest BCUT2D eigenvalue weighted by atomic mass is 9.74. The van der Waals surface area contributed by atoms with Crippen molar-refractivity contribution in [2.45, 2.75) is 39.5 Å². The molecule has 1 saturated heterocycles. The number of hydrogen-bond acceptors (Lipinski definition) is 2. The van der Waals surface area contributed by atoms with E-state index in [-0.39, 0.29) is 0 Å². The fraction of sp³-hybridized carbons (Fsp3) is 0.562. The van der Waals surface area contributed by atoms with Crippen molar-refractivity contribution < 1.29 is 0 Å². The summed E-state index contributed by atoms with van der Waals surface area (Å²) in [5, 5.41) is 0. The maximum atomic E-state index is 5.90. The molecule has 4 heteroatoms. The van der Waals surface area contributed by atoms with Gasteiger partial charge in [0.15, 0.2) is 0 Å². The molecule has 0 aromatic heterocycles. The molecule has 2 rings (SSSR count). The van der Waals surface area contributed by atoms with Crippen LogP contribution in [0, 0.1) is 5.41 Å². The lowest BCUT2D eigenvalue weighted by molar-refractivity contribution is 0.199. The monoisotopic (exact) mass is 354 g/mol. The molecule has 1 fully saturated rings. The third-order valence-corrected chi connectivity index (χ3v) is 5.77. The molecular weight excluding hydrogens is 332 g/mol. The number of hydrogen-bond donors (Lipinski definition) is 1. The summed E-state index contributed by atoms with van der Waals surface area (Å²) >= 11 is 8.79. The predicted octanol–water partition coefficient (Wildman–Crippen LogP) is 4.49. The van der Waals surface area contributed by atoms with Crippen molar-refractivity contribution in [2.24, 2.45) is 11.1 Å². The SMILES string of the molecule is CCC1(CC)CCN(c2cccc(Br)c2C(N)=S)CC1. The first-order chi connectivity index (χ1) is 9.53. The first-order valence-electron chi connectivity index (χ1n) is 7.36. The molecule has 1 aliphatic heterocycles. The number of nitrogens with two attached hydrogens (primary N) is 1. The Hall–Kier alpha value is -0.610. The summed E-state index contributed by atoms with van der Waals surface area (Å²) in [6, 6.07) is 6.19. The van der Waals surface area contributed by atoms with Crippen molar-refractivity contribution in [3.05, 3.63) is 28.2 Å². The van der Waals surface area contributed by atoms with Crippen LogP contribution in [0.15, 0.2) is 22.7 Å². The number of rotatable bonds is 4. The lowest BCUT2D eigenvalue weighted by Crippen LogP contribution is -2.40. The maximum absolute atomic E-state index is 5.90. The summed E-state index contributed by atoms with van der Waals surface area (Å²) in [6.45, 7) is 6.82. The minimum atomic E-state index is 0.468. The van der Waals surface area contributed by atoms with E-state index in [0.717, 1.165) is 23.1 Å². The van der Waals surface area contributed by atoms with Gasteiger partial charge in [0.1, 0.15) is 4.99 Å². The van der Waals surface area contributed by atoms with Gasteiger partial charge in [0.2, 0.25) is 0 Å². The van der Waals surface area contributed by atoms with Gasteiger partial charge < -0.3 is 10.6 Å². The van der Waals surface area contributed by atoms with Crippen LogP contribution in [0.2, 0.25) is 0 Å². The zero-order valence-electron chi connectivity index (χ0n) is 12.3. The van der Waals surface area contributed by atoms with E-state index >= 15 is 0 Å². The average molecular weight is 355 g/mol. The normalized spacial score (nSPS) is 18.1. The van der Waals surface area contributed by atoms with Crippen molar-refractivity contribution in [1.82, 2.24) is 0 Å². The molecule has 0 radical (unpaired) electrons. The second-order valence-electron chi connectivity index (χ2n) is 5.69. The Morgan fingerprint density at radius 1 is 1.30 bits per heavy atom. The van der Waals surface area contributed by atoms with Crippen LogP contribution in [0.5, 0.6) is 0 Å². The quantitative estimate of drug-likeness (QED) is 0.807. The molecule has 0 amide bonds. The lowest BCUT2D eigenvalue weighted by Gasteiger charge is -2.42. The van der Waals surface area contributed by atoms with Crippen LogP contribution < -0.4 is 10.6 Å². The summed E-state index contributed by atoms with van der Waals surface area (Å²) in [5.41, 5.74) is 8.58. The fourth-order valence-electron chi connectivity index (χ4n) is 3.20. The molecule has 1 aromatic carbocycles. The van der Waals surface area contributed by atoms with E-state index in [0.29, 0.717) is 10.4 Å². The van der Waals surface area contributed by atoms with Gasteiger partial charge in [-0.05, 0) is 46.3 Å². The number of anilines is 1. The number of thiocarbonyl (C=S) groups is 1. The van der Waals surface area contributed by atoms with Crippen molar-refractivity contribution in [1.29, 1.82) is 0 Å². The summed E-state index contributed by atoms with van der Waals surface area (Å²) in [7, 11) is 0. The highest BCUT2D eigenvalue weighted by Gasteiger charge is 2.32. The molecule has 0 saturated carbocycles. The topological polar surface area (TPSA) is 29.3 Å². The Labute approximate surface area is 135 Å². The van der Waals surface area contributed by atoms with Gasteiger partial charge in [0, 0.05) is 28.8 Å². The van der Waals surface area contributed by atoms with Crippen LogP contribution in [-0.2, 0) is 0 Å². The molecule has 1 heterocycles. The minimum Gasteiger partial charge on any atom is -0.389 e. The molecule has 2 N–H and O–H groups in total. The number of piperidine rings is 1. The predicted molar refractivity (Wildman–Crippen MR) is 94.5 cm³/mol. The smallest absolute Gasteiger partial charge is 0.107 e. The van der Waals surface area contributed by atoms with Gasteiger partial charge in [-0.2, -0.15) is 0 Å². The highest BCUT2D eigenvalue weighted by atomic mass is 79.9. The van der Waals surface area contributed by atoms with Crippen LogP contribution in [0.3, 0.4) is 0 Å². The van der Waals surface area contributed by atoms with Gasteiger partial charge in [-0.1, -0.05) is 45.0 Å². The van der Waals surface area contributed by atoms with Crippen LogP contribution in [-0.4, -0.2) is 18.1 Å². The standard InChI is InChI=1S/C16H23BrN2S/c1-3-16(4-2)8-10-19(11-9-16)13-7-5-6-12(17)14(13)15(18)20/h5-7H,3-4,8-11H2,1-2H3,(H2,18,20). The van der Waals surface area contributed by atoms with Crippen LogP contribution >= 0.6 is 28.1 Å². The van der Waals surface area contributed by atoms with E-state index in [4.69, 9.17) is 18.0 Å². The van der Waals surface area contributed by atoms with Crippen molar-refractivity contribution in [2.75, 3.05) is 18.0 Å². The Kier molecular flexibility index (Phi) is 5.08. The Morgan fingerprint density at radius 2 is 1.90 bits per heavy atom. The van der Waals surface area contributed by atoms with E-state index in [1.807, 2.05) is 6.07 Å². The molecule has 110 valence electrons. The number of halogens is 1. The Bertz CT molecular complexity index is 487. The summed E-state index contributed by atoms with van der Waals surface area (Å²) < 4.78 is 0.991. The van der Waals surface area contributed by atoms with Gasteiger partial charge in [0.25, 0.3) is 0 Å². The molecule has 0 atom stereocenters. The van der Waals surface area contributed by atoms with E-state index in [1.165, 1.54) is 31.4 Å². The zero-order valence-corrected chi connectivity index (χ0v) is 14.7. The highest BCUT2D eigenvalue weighted by molar-refractivity contribution is 9.10. The van der Waals surface area contributed by atoms with Gasteiger partial charge in [-0.15, -0.1) is 0 Å². The Morgan fingerprint density at radius 3 is 2.40 bits per heavy atom. The van der Waals surface area contributed by atoms with Crippen LogP contribution in [0.4, 0.5) is 5.69 Å². The summed E-state index contributed by atoms with van der Waals surface area (Å²) in [4.78, 5) is 2.90. The minimum absolute atomic E-state index is 0.468. The van der Waals surface area contributed by atoms with Gasteiger partial charge in [-0.25, -0.2) is 0 Å². The van der Waals surface area contributed by atoms with Crippen LogP contribution in [0.25, 0.3) is 0 Å². The first kappa shape index (κ1) is 15.8. The second-order valence-corrected chi connectivity index (χ2v) is 6.99. The van der Waals surface area contributed by atoms with E-state index < -0.39 is 0 Å². The number of benzene rings is 1. The molecule has 0 bridgehead atoms. The molecule has 2 nitrogen and oxygen atoms in total. The summed E-state index contributed by atoms with van der Waals surface area (Å²) in [5.74, 6) is 0. The van der Waals surface area contributed by atoms with E-state index in [9.17, 15) is 0 Å². The Balaban J connectivity index is 2.23. The van der Waals surface area contributed by atoms with Crippen LogP contribution in [0.1, 0.15) is 45.1 Å². The molecule has 20 heavy (non-hydrogen) atoms. The average Bonchev–Trinajstić information content (AvgIpc) is 2.46. The maximum Gasteiger partial charge on any atom is 0.107 e.